The van der Waals surface area contributed by atoms with Gasteiger partial charge in [-0.2, -0.15) is 0 Å². The molecule has 3 aliphatic rings. The lowest BCUT2D eigenvalue weighted by Crippen LogP contribution is -2.61. The van der Waals surface area contributed by atoms with Crippen molar-refractivity contribution in [2.75, 3.05) is 20.1 Å². The topological polar surface area (TPSA) is 120 Å². The van der Waals surface area contributed by atoms with E-state index in [9.17, 15) is 19.5 Å². The van der Waals surface area contributed by atoms with Gasteiger partial charge in [0.05, 0.1) is 12.1 Å². The van der Waals surface area contributed by atoms with Crippen molar-refractivity contribution in [2.45, 2.75) is 101 Å². The Morgan fingerprint density at radius 2 is 1.64 bits per heavy atom. The Kier molecular flexibility index (Phi) is 10.9. The van der Waals surface area contributed by atoms with Crippen LogP contribution in [0.1, 0.15) is 68.6 Å². The van der Waals surface area contributed by atoms with Gasteiger partial charge in [-0.05, 0) is 68.1 Å². The Morgan fingerprint density at radius 3 is 2.36 bits per heavy atom. The Hall–Kier alpha value is -3.43. The first-order valence-corrected chi connectivity index (χ1v) is 16.4. The van der Waals surface area contributed by atoms with E-state index in [1.54, 1.807) is 7.05 Å². The zero-order valence-corrected chi connectivity index (χ0v) is 26.1. The number of aliphatic hydroxyl groups is 1. The van der Waals surface area contributed by atoms with Gasteiger partial charge in [-0.25, -0.2) is 0 Å². The molecule has 2 aromatic carbocycles. The normalized spacial score (nSPS) is 26.9. The largest absolute Gasteiger partial charge is 0.489 e. The van der Waals surface area contributed by atoms with Crippen molar-refractivity contribution in [3.05, 3.63) is 65.2 Å². The van der Waals surface area contributed by atoms with Crippen molar-refractivity contribution < 1.29 is 24.2 Å². The van der Waals surface area contributed by atoms with Crippen molar-refractivity contribution in [2.24, 2.45) is 5.92 Å². The zero-order chi connectivity index (χ0) is 31.1. The fourth-order valence-electron chi connectivity index (χ4n) is 7.06. The van der Waals surface area contributed by atoms with E-state index >= 15 is 0 Å². The number of para-hydroxylation sites is 1. The highest BCUT2D eigenvalue weighted by Gasteiger charge is 2.39. The van der Waals surface area contributed by atoms with Gasteiger partial charge in [0.25, 0.3) is 0 Å². The lowest BCUT2D eigenvalue weighted by molar-refractivity contribution is -0.146. The molecule has 2 heterocycles. The Labute approximate surface area is 261 Å². The van der Waals surface area contributed by atoms with Crippen molar-refractivity contribution in [1.29, 1.82) is 0 Å². The van der Waals surface area contributed by atoms with Crippen LogP contribution in [0.15, 0.2) is 48.5 Å². The molecule has 9 nitrogen and oxygen atoms in total. The first-order valence-electron chi connectivity index (χ1n) is 16.4. The molecule has 1 saturated carbocycles. The fourth-order valence-corrected chi connectivity index (χ4v) is 7.06. The third-order valence-corrected chi connectivity index (χ3v) is 9.48. The molecule has 3 unspecified atom stereocenters. The number of likely N-dealkylation sites (N-methyl/N-ethyl adjacent to an activating group) is 1. The summed E-state index contributed by atoms with van der Waals surface area (Å²) in [5.74, 6) is -0.00794. The van der Waals surface area contributed by atoms with Crippen molar-refractivity contribution in [3.63, 3.8) is 0 Å². The number of nitrogens with zero attached hydrogens (tertiary/aromatic N) is 1. The summed E-state index contributed by atoms with van der Waals surface area (Å²) in [5.41, 5.74) is 3.22. The summed E-state index contributed by atoms with van der Waals surface area (Å²) < 4.78 is 6.56. The van der Waals surface area contributed by atoms with Crippen LogP contribution in [0.5, 0.6) is 5.75 Å². The predicted octanol–water partition coefficient (Wildman–Crippen LogP) is 2.92. The van der Waals surface area contributed by atoms with Crippen molar-refractivity contribution in [3.8, 4) is 5.75 Å². The van der Waals surface area contributed by atoms with E-state index in [-0.39, 0.29) is 30.3 Å². The average Bonchev–Trinajstić information content (AvgIpc) is 3.03. The van der Waals surface area contributed by atoms with Gasteiger partial charge >= 0.3 is 0 Å². The van der Waals surface area contributed by atoms with Crippen molar-refractivity contribution >= 4 is 17.7 Å². The molecule has 5 rings (SSSR count). The number of fused-ring (bicyclic) bond motifs is 1. The summed E-state index contributed by atoms with van der Waals surface area (Å²) in [7, 11) is 1.58. The second-order valence-electron chi connectivity index (χ2n) is 12.7. The molecular formula is C35H48N4O5. The number of nitrogens with one attached hydrogen (secondary N) is 3. The van der Waals surface area contributed by atoms with Crippen LogP contribution in [0.25, 0.3) is 0 Å². The summed E-state index contributed by atoms with van der Waals surface area (Å²) in [6, 6.07) is 13.3. The van der Waals surface area contributed by atoms with E-state index in [4.69, 9.17) is 4.74 Å². The van der Waals surface area contributed by atoms with E-state index in [1.165, 1.54) is 17.4 Å². The maximum absolute atomic E-state index is 14.2. The average molecular weight is 605 g/mol. The second kappa shape index (κ2) is 15.0. The number of hydrogen-bond acceptors (Lipinski definition) is 6. The van der Waals surface area contributed by atoms with Gasteiger partial charge in [-0.3, -0.25) is 14.4 Å². The summed E-state index contributed by atoms with van der Waals surface area (Å²) in [6.07, 6.45) is 7.43. The molecule has 3 amide bonds. The molecule has 4 N–H and O–H groups in total. The van der Waals surface area contributed by atoms with Crippen LogP contribution in [-0.2, 0) is 33.6 Å². The third kappa shape index (κ3) is 7.80. The Morgan fingerprint density at radius 1 is 0.909 bits per heavy atom. The molecule has 44 heavy (non-hydrogen) atoms. The monoisotopic (exact) mass is 604 g/mol. The highest BCUT2D eigenvalue weighted by molar-refractivity contribution is 5.93. The minimum absolute atomic E-state index is 0.0824. The van der Waals surface area contributed by atoms with Crippen LogP contribution in [0.2, 0.25) is 0 Å². The zero-order valence-electron chi connectivity index (χ0n) is 26.1. The molecule has 1 aliphatic carbocycles. The number of carbonyl (C=O) groups is 3. The summed E-state index contributed by atoms with van der Waals surface area (Å²) in [4.78, 5) is 42.8. The summed E-state index contributed by atoms with van der Waals surface area (Å²) in [6.45, 7) is 2.48. The molecule has 2 aromatic rings. The number of benzene rings is 2. The lowest BCUT2D eigenvalue weighted by atomic mass is 9.83. The number of hydrogen-bond donors (Lipinski definition) is 4. The SMILES string of the molecule is CC(O)[C@H]1C(=O)NC(Cc2ccccc2)C(=O)NCCCc2cccc3c2OC(CC3)CN[C@@H](C2CCCCC2)C(=O)N1C. The molecule has 0 spiro atoms. The van der Waals surface area contributed by atoms with E-state index in [0.717, 1.165) is 74.7 Å². The molecule has 2 bridgehead atoms. The molecule has 0 saturated heterocycles. The standard InChI is InChI=1S/C35H48N4O5/c1-23(40)31-34(42)38-29(21-24-11-5-3-6-12-24)33(41)36-20-10-17-26-15-9-16-27-18-19-28(44-32(26)27)22-37-30(35(43)39(31)2)25-13-7-4-8-14-25/h3,5-6,9,11-12,15-16,23,25,28-31,37,40H,4,7-8,10,13-14,17-22H2,1-2H3,(H,36,41)(H,38,42)/t23?,28?,29?,30-,31-/m0/s1. The van der Waals surface area contributed by atoms with E-state index in [0.29, 0.717) is 13.1 Å². The smallest absolute Gasteiger partial charge is 0.246 e. The molecule has 1 fully saturated rings. The van der Waals surface area contributed by atoms with Crippen LogP contribution in [0, 0.1) is 5.92 Å². The number of aryl methyl sites for hydroxylation is 2. The summed E-state index contributed by atoms with van der Waals surface area (Å²) >= 11 is 0. The third-order valence-electron chi connectivity index (χ3n) is 9.48. The number of amides is 3. The molecule has 0 radical (unpaired) electrons. The fraction of sp³-hybridized carbons (Fsp3) is 0.571. The van der Waals surface area contributed by atoms with Crippen LogP contribution in [0.3, 0.4) is 0 Å². The highest BCUT2D eigenvalue weighted by atomic mass is 16.5. The maximum Gasteiger partial charge on any atom is 0.246 e. The van der Waals surface area contributed by atoms with Gasteiger partial charge in [0, 0.05) is 26.6 Å². The van der Waals surface area contributed by atoms with E-state index in [2.05, 4.69) is 34.1 Å². The van der Waals surface area contributed by atoms with E-state index < -0.39 is 30.1 Å². The van der Waals surface area contributed by atoms with Crippen LogP contribution >= 0.6 is 0 Å². The number of aliphatic hydroxyl groups excluding tert-OH is 1. The lowest BCUT2D eigenvalue weighted by Gasteiger charge is -2.38. The molecule has 238 valence electrons. The quantitative estimate of drug-likeness (QED) is 0.426. The van der Waals surface area contributed by atoms with Crippen LogP contribution in [-0.4, -0.2) is 78.2 Å². The highest BCUT2D eigenvalue weighted by Crippen LogP contribution is 2.33. The second-order valence-corrected chi connectivity index (χ2v) is 12.7. The van der Waals surface area contributed by atoms with Crippen molar-refractivity contribution in [1.82, 2.24) is 20.9 Å². The number of ether oxygens (including phenoxy) is 1. The minimum Gasteiger partial charge on any atom is -0.489 e. The molecular weight excluding hydrogens is 556 g/mol. The first-order chi connectivity index (χ1) is 21.3. The van der Waals surface area contributed by atoms with Gasteiger partial charge in [0.15, 0.2) is 0 Å². The van der Waals surface area contributed by atoms with Crippen LogP contribution in [0.4, 0.5) is 0 Å². The maximum atomic E-state index is 14.2. The minimum atomic E-state index is -1.15. The van der Waals surface area contributed by atoms with Gasteiger partial charge in [-0.1, -0.05) is 67.8 Å². The predicted molar refractivity (Wildman–Crippen MR) is 169 cm³/mol. The van der Waals surface area contributed by atoms with Gasteiger partial charge in [0.2, 0.25) is 17.7 Å². The molecule has 5 atom stereocenters. The first kappa shape index (κ1) is 32.0. The Balaban J connectivity index is 1.45. The number of carbonyl (C=O) groups excluding carboxylic acids is 3. The molecule has 2 aliphatic heterocycles. The van der Waals surface area contributed by atoms with Gasteiger partial charge in [-0.15, -0.1) is 0 Å². The summed E-state index contributed by atoms with van der Waals surface area (Å²) in [5, 5.41) is 20.3. The van der Waals surface area contributed by atoms with Gasteiger partial charge < -0.3 is 30.7 Å². The van der Waals surface area contributed by atoms with Crippen LogP contribution < -0.4 is 20.7 Å². The molecule has 0 aromatic heterocycles. The van der Waals surface area contributed by atoms with Gasteiger partial charge in [0.1, 0.15) is 23.9 Å². The molecule has 9 heteroatoms. The Bertz CT molecular complexity index is 1280. The van der Waals surface area contributed by atoms with E-state index in [1.807, 2.05) is 30.3 Å². The number of rotatable bonds is 4.